The summed E-state index contributed by atoms with van der Waals surface area (Å²) in [6.45, 7) is 0.161. The quantitative estimate of drug-likeness (QED) is 0.472. The van der Waals surface area contributed by atoms with Crippen LogP contribution in [-0.2, 0) is 32.7 Å². The monoisotopic (exact) mass is 314 g/mol. The molecule has 1 atom stereocenters. The van der Waals surface area contributed by atoms with Gasteiger partial charge in [0.05, 0.1) is 19.6 Å². The number of hydrogen-bond acceptors (Lipinski definition) is 8. The molecule has 7 nitrogen and oxygen atoms in total. The van der Waals surface area contributed by atoms with Gasteiger partial charge in [0.25, 0.3) is 0 Å². The summed E-state index contributed by atoms with van der Waals surface area (Å²) >= 11 is 0.630. The van der Waals surface area contributed by atoms with Crippen molar-refractivity contribution in [1.29, 1.82) is 0 Å². The number of carbonyl (C=O) groups excluding carboxylic acids is 2. The minimum Gasteiger partial charge on any atom is -0.466 e. The lowest BCUT2D eigenvalue weighted by Crippen LogP contribution is -2.24. The third-order valence-corrected chi connectivity index (χ3v) is 6.11. The van der Waals surface area contributed by atoms with Crippen molar-refractivity contribution in [3.05, 3.63) is 0 Å². The lowest BCUT2D eigenvalue weighted by molar-refractivity contribution is -0.149. The van der Waals surface area contributed by atoms with Gasteiger partial charge in [-0.15, -0.1) is 0 Å². The van der Waals surface area contributed by atoms with Crippen molar-refractivity contribution in [2.45, 2.75) is 25.5 Å². The van der Waals surface area contributed by atoms with E-state index < -0.39 is 24.0 Å². The molecule has 0 saturated heterocycles. The molecule has 0 radical (unpaired) electrons. The molecule has 0 saturated carbocycles. The lowest BCUT2D eigenvalue weighted by atomic mass is 10.3. The Balaban J connectivity index is 4.81. The molecule has 0 amide bonds. The van der Waals surface area contributed by atoms with Gasteiger partial charge in [-0.05, 0) is 25.2 Å². The molecule has 0 heterocycles. The second kappa shape index (κ2) is 9.36. The number of rotatable bonds is 9. The van der Waals surface area contributed by atoms with Crippen LogP contribution >= 0.6 is 18.2 Å². The molecule has 0 rings (SSSR count). The van der Waals surface area contributed by atoms with Crippen LogP contribution < -0.4 is 0 Å². The maximum Gasteiger partial charge on any atom is 0.389 e. The summed E-state index contributed by atoms with van der Waals surface area (Å²) in [6, 6.07) is 0. The molecule has 0 aliphatic heterocycles. The Morgan fingerprint density at radius 3 is 2.05 bits per heavy atom. The molecule has 0 aromatic heterocycles. The lowest BCUT2D eigenvalue weighted by Gasteiger charge is -2.18. The first kappa shape index (κ1) is 18.4. The molecular weight excluding hydrogens is 295 g/mol. The zero-order valence-electron chi connectivity index (χ0n) is 11.4. The molecule has 0 fully saturated rings. The van der Waals surface area contributed by atoms with Gasteiger partial charge in [0, 0.05) is 14.2 Å². The Kier molecular flexibility index (Phi) is 9.08. The molecule has 0 unspecified atom stereocenters. The summed E-state index contributed by atoms with van der Waals surface area (Å²) in [5.41, 5.74) is 0. The summed E-state index contributed by atoms with van der Waals surface area (Å²) in [7, 11) is 2.40. The third kappa shape index (κ3) is 6.96. The number of carbonyl (C=O) groups is 2. The minimum atomic E-state index is -3.48. The fourth-order valence-electron chi connectivity index (χ4n) is 1.09. The van der Waals surface area contributed by atoms with Gasteiger partial charge in [-0.2, -0.15) is 0 Å². The SMILES string of the molecule is CCOC(=O)C[C@@H](SP(=O)(OC)OC)C(=O)OCC. The average Bonchev–Trinajstić information content (AvgIpc) is 2.38. The summed E-state index contributed by atoms with van der Waals surface area (Å²) in [5.74, 6) is -1.23. The Hall–Kier alpha value is -0.560. The molecule has 112 valence electrons. The average molecular weight is 314 g/mol. The molecule has 0 aromatic rings. The van der Waals surface area contributed by atoms with Crippen LogP contribution in [0.3, 0.4) is 0 Å². The van der Waals surface area contributed by atoms with Crippen molar-refractivity contribution in [2.24, 2.45) is 0 Å². The van der Waals surface area contributed by atoms with Crippen LogP contribution in [0.25, 0.3) is 0 Å². The number of ether oxygens (including phenoxy) is 2. The third-order valence-electron chi connectivity index (χ3n) is 1.91. The molecule has 0 aliphatic carbocycles. The van der Waals surface area contributed by atoms with Crippen molar-refractivity contribution in [3.63, 3.8) is 0 Å². The van der Waals surface area contributed by atoms with Gasteiger partial charge in [0.2, 0.25) is 0 Å². The van der Waals surface area contributed by atoms with Gasteiger partial charge in [-0.1, -0.05) is 0 Å². The number of hydrogen-bond donors (Lipinski definition) is 0. The van der Waals surface area contributed by atoms with Crippen molar-refractivity contribution >= 4 is 30.1 Å². The van der Waals surface area contributed by atoms with Crippen LogP contribution in [0.2, 0.25) is 0 Å². The van der Waals surface area contributed by atoms with Crippen LogP contribution in [0.1, 0.15) is 20.3 Å². The second-order valence-electron chi connectivity index (χ2n) is 3.17. The van der Waals surface area contributed by atoms with E-state index in [0.29, 0.717) is 11.4 Å². The predicted octanol–water partition coefficient (Wildman–Crippen LogP) is 2.01. The predicted molar refractivity (Wildman–Crippen MR) is 70.9 cm³/mol. The van der Waals surface area contributed by atoms with Crippen LogP contribution in [0.4, 0.5) is 0 Å². The second-order valence-corrected chi connectivity index (χ2v) is 7.55. The van der Waals surface area contributed by atoms with E-state index in [-0.39, 0.29) is 19.6 Å². The van der Waals surface area contributed by atoms with Crippen LogP contribution in [-0.4, -0.2) is 44.6 Å². The fraction of sp³-hybridized carbons (Fsp3) is 0.800. The fourth-order valence-corrected chi connectivity index (χ4v) is 4.02. The first-order valence-corrected chi connectivity index (χ1v) is 8.67. The zero-order valence-corrected chi connectivity index (χ0v) is 13.1. The van der Waals surface area contributed by atoms with Crippen LogP contribution in [0, 0.1) is 0 Å². The molecular formula is C10H19O7PS. The van der Waals surface area contributed by atoms with Crippen LogP contribution in [0.15, 0.2) is 0 Å². The Morgan fingerprint density at radius 1 is 1.11 bits per heavy atom. The normalized spacial score (nSPS) is 12.8. The Morgan fingerprint density at radius 2 is 1.63 bits per heavy atom. The van der Waals surface area contributed by atoms with E-state index in [1.807, 2.05) is 0 Å². The first-order valence-electron chi connectivity index (χ1n) is 5.64. The van der Waals surface area contributed by atoms with Crippen LogP contribution in [0.5, 0.6) is 0 Å². The molecule has 9 heteroatoms. The largest absolute Gasteiger partial charge is 0.466 e. The smallest absolute Gasteiger partial charge is 0.389 e. The molecule has 0 spiro atoms. The van der Waals surface area contributed by atoms with E-state index in [4.69, 9.17) is 18.5 Å². The Bertz CT molecular complexity index is 339. The molecule has 0 aliphatic rings. The minimum absolute atomic E-state index is 0.156. The van der Waals surface area contributed by atoms with Gasteiger partial charge in [-0.3, -0.25) is 9.59 Å². The first-order chi connectivity index (χ1) is 8.92. The van der Waals surface area contributed by atoms with Gasteiger partial charge in [0.1, 0.15) is 5.25 Å². The van der Waals surface area contributed by atoms with E-state index in [2.05, 4.69) is 0 Å². The standard InChI is InChI=1S/C10H19O7PS/c1-5-16-9(11)7-8(10(12)17-6-2)19-18(13,14-3)15-4/h8H,5-7H2,1-4H3/t8-/m1/s1. The highest BCUT2D eigenvalue weighted by atomic mass is 32.7. The van der Waals surface area contributed by atoms with Gasteiger partial charge in [-0.25, -0.2) is 4.57 Å². The summed E-state index contributed by atoms with van der Waals surface area (Å²) < 4.78 is 31.0. The highest BCUT2D eigenvalue weighted by Gasteiger charge is 2.35. The molecule has 0 bridgehead atoms. The summed E-state index contributed by atoms with van der Waals surface area (Å²) in [5, 5.41) is -0.996. The van der Waals surface area contributed by atoms with Gasteiger partial charge in [0.15, 0.2) is 0 Å². The van der Waals surface area contributed by atoms with Crippen molar-refractivity contribution in [3.8, 4) is 0 Å². The summed E-state index contributed by atoms with van der Waals surface area (Å²) in [6.07, 6.45) is -0.256. The van der Waals surface area contributed by atoms with E-state index in [1.54, 1.807) is 13.8 Å². The summed E-state index contributed by atoms with van der Waals surface area (Å²) in [4.78, 5) is 23.1. The molecule has 19 heavy (non-hydrogen) atoms. The topological polar surface area (TPSA) is 88.1 Å². The van der Waals surface area contributed by atoms with Crippen molar-refractivity contribution in [2.75, 3.05) is 27.4 Å². The number of esters is 2. The zero-order chi connectivity index (χ0) is 14.9. The molecule has 0 N–H and O–H groups in total. The van der Waals surface area contributed by atoms with Gasteiger partial charge >= 0.3 is 18.7 Å². The maximum atomic E-state index is 12.0. The van der Waals surface area contributed by atoms with E-state index >= 15 is 0 Å². The van der Waals surface area contributed by atoms with Crippen molar-refractivity contribution in [1.82, 2.24) is 0 Å². The van der Waals surface area contributed by atoms with E-state index in [9.17, 15) is 14.2 Å². The molecule has 0 aromatic carbocycles. The highest BCUT2D eigenvalue weighted by molar-refractivity contribution is 8.55. The van der Waals surface area contributed by atoms with E-state index in [1.165, 1.54) is 14.2 Å². The highest BCUT2D eigenvalue weighted by Crippen LogP contribution is 2.61. The van der Waals surface area contributed by atoms with Crippen molar-refractivity contribution < 1.29 is 32.7 Å². The Labute approximate surface area is 116 Å². The van der Waals surface area contributed by atoms with Gasteiger partial charge < -0.3 is 18.5 Å². The maximum absolute atomic E-state index is 12.0. The van der Waals surface area contributed by atoms with E-state index in [0.717, 1.165) is 0 Å².